The molecule has 0 spiro atoms. The molecule has 6 heteroatoms. The number of methoxy groups -OCH3 is 1. The summed E-state index contributed by atoms with van der Waals surface area (Å²) in [6.07, 6.45) is 1.71. The van der Waals surface area contributed by atoms with E-state index in [9.17, 15) is 0 Å². The maximum absolute atomic E-state index is 5.20. The van der Waals surface area contributed by atoms with Crippen molar-refractivity contribution in [2.75, 3.05) is 13.7 Å². The third-order valence-electron chi connectivity index (χ3n) is 2.22. The number of guanidine groups is 1. The van der Waals surface area contributed by atoms with Crippen molar-refractivity contribution in [1.29, 1.82) is 0 Å². The molecule has 0 saturated heterocycles. The Bertz CT molecular complexity index is 396. The number of pyridine rings is 1. The summed E-state index contributed by atoms with van der Waals surface area (Å²) in [6.45, 7) is 7.58. The first-order valence-corrected chi connectivity index (χ1v) is 6.20. The Kier molecular flexibility index (Phi) is 9.28. The van der Waals surface area contributed by atoms with E-state index in [2.05, 4.69) is 34.5 Å². The summed E-state index contributed by atoms with van der Waals surface area (Å²) in [5.41, 5.74) is 0.973. The zero-order valence-corrected chi connectivity index (χ0v) is 14.3. The van der Waals surface area contributed by atoms with Gasteiger partial charge in [0.05, 0.1) is 13.7 Å². The first-order chi connectivity index (χ1) is 8.67. The van der Waals surface area contributed by atoms with Crippen LogP contribution in [0.3, 0.4) is 0 Å². The van der Waals surface area contributed by atoms with Gasteiger partial charge in [0.1, 0.15) is 0 Å². The fourth-order valence-electron chi connectivity index (χ4n) is 1.49. The second-order valence-corrected chi connectivity index (χ2v) is 4.17. The molecule has 0 atom stereocenters. The van der Waals surface area contributed by atoms with Crippen molar-refractivity contribution in [3.8, 4) is 5.88 Å². The highest BCUT2D eigenvalue weighted by Gasteiger charge is 2.04. The summed E-state index contributed by atoms with van der Waals surface area (Å²) in [6, 6.07) is 4.20. The molecule has 0 unspecified atom stereocenters. The van der Waals surface area contributed by atoms with Crippen molar-refractivity contribution in [1.82, 2.24) is 15.6 Å². The Hall–Kier alpha value is -1.05. The van der Waals surface area contributed by atoms with Gasteiger partial charge in [-0.3, -0.25) is 0 Å². The van der Waals surface area contributed by atoms with E-state index in [1.807, 2.05) is 19.1 Å². The number of aromatic nitrogens is 1. The van der Waals surface area contributed by atoms with Gasteiger partial charge in [0.25, 0.3) is 0 Å². The zero-order valence-electron chi connectivity index (χ0n) is 11.9. The van der Waals surface area contributed by atoms with Crippen LogP contribution < -0.4 is 15.4 Å². The van der Waals surface area contributed by atoms with Crippen molar-refractivity contribution < 1.29 is 4.74 Å². The lowest BCUT2D eigenvalue weighted by Gasteiger charge is -2.14. The Labute approximate surface area is 132 Å². The highest BCUT2D eigenvalue weighted by atomic mass is 127. The highest BCUT2D eigenvalue weighted by Crippen LogP contribution is 2.14. The Morgan fingerprint density at radius 3 is 2.79 bits per heavy atom. The lowest BCUT2D eigenvalue weighted by atomic mass is 10.3. The fourth-order valence-corrected chi connectivity index (χ4v) is 1.49. The normalized spacial score (nSPS) is 10.9. The van der Waals surface area contributed by atoms with Gasteiger partial charge in [-0.15, -0.1) is 24.0 Å². The Morgan fingerprint density at radius 1 is 1.47 bits per heavy atom. The van der Waals surface area contributed by atoms with Crippen LogP contribution in [0.25, 0.3) is 0 Å². The topological polar surface area (TPSA) is 58.5 Å². The molecule has 0 aliphatic heterocycles. The van der Waals surface area contributed by atoms with E-state index in [0.717, 1.165) is 18.1 Å². The molecule has 1 aromatic rings. The van der Waals surface area contributed by atoms with E-state index in [0.29, 0.717) is 18.5 Å². The average Bonchev–Trinajstić information content (AvgIpc) is 2.36. The largest absolute Gasteiger partial charge is 0.481 e. The van der Waals surface area contributed by atoms with E-state index in [1.165, 1.54) is 0 Å². The summed E-state index contributed by atoms with van der Waals surface area (Å²) < 4.78 is 5.20. The lowest BCUT2D eigenvalue weighted by Crippen LogP contribution is -2.41. The summed E-state index contributed by atoms with van der Waals surface area (Å²) in [7, 11) is 1.62. The zero-order chi connectivity index (χ0) is 13.4. The van der Waals surface area contributed by atoms with Gasteiger partial charge in [0, 0.05) is 24.3 Å². The molecule has 0 fully saturated rings. The van der Waals surface area contributed by atoms with E-state index in [4.69, 9.17) is 4.74 Å². The van der Waals surface area contributed by atoms with Crippen LogP contribution in [0.5, 0.6) is 5.88 Å². The molecule has 1 aromatic heterocycles. The second kappa shape index (κ2) is 9.82. The molecular formula is C13H23IN4O. The molecule has 19 heavy (non-hydrogen) atoms. The molecule has 108 valence electrons. The van der Waals surface area contributed by atoms with Crippen LogP contribution in [-0.4, -0.2) is 30.6 Å². The number of rotatable bonds is 5. The highest BCUT2D eigenvalue weighted by molar-refractivity contribution is 14.0. The first-order valence-electron chi connectivity index (χ1n) is 6.20. The van der Waals surface area contributed by atoms with E-state index >= 15 is 0 Å². The van der Waals surface area contributed by atoms with Crippen molar-refractivity contribution in [3.05, 3.63) is 23.9 Å². The summed E-state index contributed by atoms with van der Waals surface area (Å²) in [5.74, 6) is 1.43. The monoisotopic (exact) mass is 378 g/mol. The maximum atomic E-state index is 5.20. The van der Waals surface area contributed by atoms with Crippen LogP contribution >= 0.6 is 24.0 Å². The fraction of sp³-hybridized carbons (Fsp3) is 0.538. The van der Waals surface area contributed by atoms with Gasteiger partial charge in [0.2, 0.25) is 5.88 Å². The number of halogens is 1. The van der Waals surface area contributed by atoms with Gasteiger partial charge in [-0.05, 0) is 26.8 Å². The smallest absolute Gasteiger partial charge is 0.218 e. The van der Waals surface area contributed by atoms with E-state index in [-0.39, 0.29) is 24.0 Å². The number of aliphatic imine (C=N–C) groups is 1. The quantitative estimate of drug-likeness (QED) is 0.469. The molecule has 1 heterocycles. The third kappa shape index (κ3) is 6.60. The van der Waals surface area contributed by atoms with Gasteiger partial charge < -0.3 is 15.4 Å². The van der Waals surface area contributed by atoms with Crippen LogP contribution in [0, 0.1) is 0 Å². The standard InChI is InChI=1S/C13H22N4O.HI/c1-5-14-13(17-10(2)3)16-9-11-7-6-8-15-12(11)18-4;/h6-8,10H,5,9H2,1-4H3,(H2,14,16,17);1H. The van der Waals surface area contributed by atoms with Gasteiger partial charge in [-0.2, -0.15) is 0 Å². The molecule has 0 aliphatic carbocycles. The minimum atomic E-state index is 0. The van der Waals surface area contributed by atoms with Gasteiger partial charge >= 0.3 is 0 Å². The SMILES string of the molecule is CCNC(=NCc1cccnc1OC)NC(C)C.I. The number of nitrogens with zero attached hydrogens (tertiary/aromatic N) is 2. The van der Waals surface area contributed by atoms with E-state index in [1.54, 1.807) is 13.3 Å². The molecule has 5 nitrogen and oxygen atoms in total. The molecule has 0 saturated carbocycles. The van der Waals surface area contributed by atoms with Gasteiger partial charge in [-0.1, -0.05) is 6.07 Å². The van der Waals surface area contributed by atoms with Crippen molar-refractivity contribution in [2.24, 2.45) is 4.99 Å². The summed E-state index contributed by atoms with van der Waals surface area (Å²) in [5, 5.41) is 6.47. The van der Waals surface area contributed by atoms with Crippen molar-refractivity contribution >= 4 is 29.9 Å². The summed E-state index contributed by atoms with van der Waals surface area (Å²) >= 11 is 0. The van der Waals surface area contributed by atoms with Gasteiger partial charge in [0.15, 0.2) is 5.96 Å². The van der Waals surface area contributed by atoms with Crippen LogP contribution in [-0.2, 0) is 6.54 Å². The molecule has 0 aromatic carbocycles. The van der Waals surface area contributed by atoms with E-state index < -0.39 is 0 Å². The van der Waals surface area contributed by atoms with Crippen molar-refractivity contribution in [3.63, 3.8) is 0 Å². The van der Waals surface area contributed by atoms with Crippen LogP contribution in [0.1, 0.15) is 26.3 Å². The molecule has 2 N–H and O–H groups in total. The number of hydrogen-bond donors (Lipinski definition) is 2. The predicted molar refractivity (Wildman–Crippen MR) is 89.3 cm³/mol. The molecular weight excluding hydrogens is 355 g/mol. The third-order valence-corrected chi connectivity index (χ3v) is 2.22. The van der Waals surface area contributed by atoms with Crippen LogP contribution in [0.2, 0.25) is 0 Å². The maximum Gasteiger partial charge on any atom is 0.218 e. The number of hydrogen-bond acceptors (Lipinski definition) is 3. The molecule has 0 amide bonds. The predicted octanol–water partition coefficient (Wildman–Crippen LogP) is 2.17. The molecule has 0 aliphatic rings. The van der Waals surface area contributed by atoms with Crippen LogP contribution in [0.15, 0.2) is 23.3 Å². The number of nitrogens with one attached hydrogen (secondary N) is 2. The summed E-state index contributed by atoms with van der Waals surface area (Å²) in [4.78, 5) is 8.66. The molecule has 0 radical (unpaired) electrons. The lowest BCUT2D eigenvalue weighted by molar-refractivity contribution is 0.392. The molecule has 1 rings (SSSR count). The molecule has 0 bridgehead atoms. The minimum absolute atomic E-state index is 0. The minimum Gasteiger partial charge on any atom is -0.481 e. The van der Waals surface area contributed by atoms with Gasteiger partial charge in [-0.25, -0.2) is 9.98 Å². The first kappa shape index (κ1) is 17.9. The van der Waals surface area contributed by atoms with Crippen molar-refractivity contribution in [2.45, 2.75) is 33.4 Å². The second-order valence-electron chi connectivity index (χ2n) is 4.17. The Balaban J connectivity index is 0.00000324. The van der Waals surface area contributed by atoms with Crippen LogP contribution in [0.4, 0.5) is 0 Å². The number of ether oxygens (including phenoxy) is 1. The Morgan fingerprint density at radius 2 is 2.21 bits per heavy atom. The average molecular weight is 378 g/mol.